The fraction of sp³-hybridized carbons (Fsp3) is 0.467. The van der Waals surface area contributed by atoms with Gasteiger partial charge in [-0.05, 0) is 51.5 Å². The van der Waals surface area contributed by atoms with Crippen molar-refractivity contribution >= 4 is 23.4 Å². The van der Waals surface area contributed by atoms with Crippen molar-refractivity contribution in [2.75, 3.05) is 13.2 Å². The third-order valence-electron chi connectivity index (χ3n) is 2.98. The second-order valence-electron chi connectivity index (χ2n) is 4.97. The third kappa shape index (κ3) is 3.97. The largest absolute Gasteiger partial charge is 0.486 e. The van der Waals surface area contributed by atoms with E-state index in [1.807, 2.05) is 6.92 Å². The van der Waals surface area contributed by atoms with Crippen molar-refractivity contribution in [3.63, 3.8) is 0 Å². The molecule has 20 heavy (non-hydrogen) atoms. The van der Waals surface area contributed by atoms with Gasteiger partial charge in [-0.3, -0.25) is 9.59 Å². The number of benzene rings is 1. The van der Waals surface area contributed by atoms with Crippen LogP contribution in [0, 0.1) is 12.3 Å². The molecule has 0 bridgehead atoms. The topological polar surface area (TPSA) is 52.6 Å². The van der Waals surface area contributed by atoms with Crippen LogP contribution in [0.5, 0.6) is 5.75 Å². The first-order valence-electron chi connectivity index (χ1n) is 6.38. The van der Waals surface area contributed by atoms with Crippen LogP contribution in [-0.4, -0.2) is 25.0 Å². The van der Waals surface area contributed by atoms with E-state index < -0.39 is 11.4 Å². The first-order chi connectivity index (χ1) is 9.28. The quantitative estimate of drug-likeness (QED) is 0.598. The van der Waals surface area contributed by atoms with Crippen LogP contribution in [-0.2, 0) is 14.3 Å². The Morgan fingerprint density at radius 2 is 1.95 bits per heavy atom. The van der Waals surface area contributed by atoms with Crippen LogP contribution in [0.3, 0.4) is 0 Å². The lowest BCUT2D eigenvalue weighted by atomic mass is 9.88. The molecular weight excluding hydrogens is 280 g/mol. The van der Waals surface area contributed by atoms with Crippen LogP contribution in [0.2, 0.25) is 5.02 Å². The van der Waals surface area contributed by atoms with Crippen molar-refractivity contribution in [3.05, 3.63) is 28.8 Å². The van der Waals surface area contributed by atoms with Gasteiger partial charge in [-0.15, -0.1) is 0 Å². The van der Waals surface area contributed by atoms with Crippen LogP contribution in [0.4, 0.5) is 0 Å². The van der Waals surface area contributed by atoms with Gasteiger partial charge in [0, 0.05) is 5.02 Å². The molecule has 4 nitrogen and oxygen atoms in total. The molecule has 0 heterocycles. The number of aryl methyl sites for hydroxylation is 1. The second-order valence-corrected chi connectivity index (χ2v) is 5.40. The SMILES string of the molecule is CCOC(=O)C(C)(C)C(=O)COc1ccc(Cl)cc1C. The van der Waals surface area contributed by atoms with Gasteiger partial charge in [0.05, 0.1) is 6.61 Å². The predicted molar refractivity (Wildman–Crippen MR) is 77.1 cm³/mol. The Balaban J connectivity index is 2.69. The summed E-state index contributed by atoms with van der Waals surface area (Å²) >= 11 is 5.84. The summed E-state index contributed by atoms with van der Waals surface area (Å²) in [7, 11) is 0. The van der Waals surface area contributed by atoms with Crippen molar-refractivity contribution in [2.45, 2.75) is 27.7 Å². The van der Waals surface area contributed by atoms with Crippen molar-refractivity contribution in [1.29, 1.82) is 0 Å². The highest BCUT2D eigenvalue weighted by Gasteiger charge is 2.37. The molecule has 0 saturated heterocycles. The monoisotopic (exact) mass is 298 g/mol. The third-order valence-corrected chi connectivity index (χ3v) is 3.21. The molecule has 0 saturated carbocycles. The average molecular weight is 299 g/mol. The minimum Gasteiger partial charge on any atom is -0.486 e. The molecule has 1 aromatic carbocycles. The lowest BCUT2D eigenvalue weighted by Gasteiger charge is -2.21. The lowest BCUT2D eigenvalue weighted by Crippen LogP contribution is -2.38. The van der Waals surface area contributed by atoms with E-state index in [0.29, 0.717) is 10.8 Å². The average Bonchev–Trinajstić information content (AvgIpc) is 2.37. The summed E-state index contributed by atoms with van der Waals surface area (Å²) in [6.45, 7) is 6.66. The molecule has 0 aliphatic rings. The molecule has 1 rings (SSSR count). The highest BCUT2D eigenvalue weighted by atomic mass is 35.5. The molecule has 0 unspecified atom stereocenters. The molecular formula is C15H19ClO4. The van der Waals surface area contributed by atoms with E-state index >= 15 is 0 Å². The summed E-state index contributed by atoms with van der Waals surface area (Å²) in [5.74, 6) is -0.297. The Bertz CT molecular complexity index is 509. The maximum absolute atomic E-state index is 12.1. The van der Waals surface area contributed by atoms with E-state index in [1.165, 1.54) is 13.8 Å². The Kier molecular flexibility index (Phi) is 5.57. The van der Waals surface area contributed by atoms with Crippen LogP contribution in [0.15, 0.2) is 18.2 Å². The summed E-state index contributed by atoms with van der Waals surface area (Å²) in [6, 6.07) is 5.13. The number of Topliss-reactive ketones (excluding diaryl/α,β-unsaturated/α-hetero) is 1. The molecule has 0 fully saturated rings. The highest BCUT2D eigenvalue weighted by Crippen LogP contribution is 2.24. The predicted octanol–water partition coefficient (Wildman–Crippen LogP) is 3.19. The van der Waals surface area contributed by atoms with E-state index in [-0.39, 0.29) is 19.0 Å². The number of halogens is 1. The van der Waals surface area contributed by atoms with Crippen LogP contribution in [0.1, 0.15) is 26.3 Å². The molecule has 0 aliphatic heterocycles. The first-order valence-corrected chi connectivity index (χ1v) is 6.76. The minimum atomic E-state index is -1.21. The van der Waals surface area contributed by atoms with Gasteiger partial charge in [0.2, 0.25) is 0 Å². The molecule has 0 spiro atoms. The lowest BCUT2D eigenvalue weighted by molar-refractivity contribution is -0.158. The Hall–Kier alpha value is -1.55. The number of carbonyl (C=O) groups is 2. The molecule has 5 heteroatoms. The highest BCUT2D eigenvalue weighted by molar-refractivity contribution is 6.30. The summed E-state index contributed by atoms with van der Waals surface area (Å²) in [5, 5.41) is 0.605. The number of rotatable bonds is 6. The normalized spacial score (nSPS) is 11.1. The Morgan fingerprint density at radius 3 is 2.50 bits per heavy atom. The Morgan fingerprint density at radius 1 is 1.30 bits per heavy atom. The molecule has 0 radical (unpaired) electrons. The first kappa shape index (κ1) is 16.5. The van der Waals surface area contributed by atoms with Gasteiger partial charge >= 0.3 is 5.97 Å². The van der Waals surface area contributed by atoms with E-state index in [1.54, 1.807) is 25.1 Å². The Labute approximate surface area is 124 Å². The maximum Gasteiger partial charge on any atom is 0.319 e. The number of hydrogen-bond acceptors (Lipinski definition) is 4. The zero-order valence-electron chi connectivity index (χ0n) is 12.2. The zero-order chi connectivity index (χ0) is 15.3. The molecule has 0 atom stereocenters. The molecule has 110 valence electrons. The van der Waals surface area contributed by atoms with Crippen LogP contribution < -0.4 is 4.74 Å². The second kappa shape index (κ2) is 6.75. The van der Waals surface area contributed by atoms with Crippen LogP contribution >= 0.6 is 11.6 Å². The van der Waals surface area contributed by atoms with E-state index in [2.05, 4.69) is 0 Å². The maximum atomic E-state index is 12.1. The molecule has 0 aliphatic carbocycles. The van der Waals surface area contributed by atoms with Gasteiger partial charge in [0.25, 0.3) is 0 Å². The van der Waals surface area contributed by atoms with Crippen LogP contribution in [0.25, 0.3) is 0 Å². The number of ether oxygens (including phenoxy) is 2. The number of hydrogen-bond donors (Lipinski definition) is 0. The van der Waals surface area contributed by atoms with Gasteiger partial charge in [0.1, 0.15) is 17.8 Å². The molecule has 1 aromatic rings. The summed E-state index contributed by atoms with van der Waals surface area (Å²) in [4.78, 5) is 23.8. The minimum absolute atomic E-state index is 0.186. The number of esters is 1. The van der Waals surface area contributed by atoms with E-state index in [4.69, 9.17) is 21.1 Å². The van der Waals surface area contributed by atoms with Gasteiger partial charge in [-0.25, -0.2) is 0 Å². The molecule has 0 amide bonds. The molecule has 0 N–H and O–H groups in total. The number of ketones is 1. The number of carbonyl (C=O) groups excluding carboxylic acids is 2. The molecule has 0 aromatic heterocycles. The van der Waals surface area contributed by atoms with E-state index in [0.717, 1.165) is 5.56 Å². The van der Waals surface area contributed by atoms with Crippen molar-refractivity contribution in [1.82, 2.24) is 0 Å². The standard InChI is InChI=1S/C15H19ClO4/c1-5-19-14(18)15(3,4)13(17)9-20-12-7-6-11(16)8-10(12)2/h6-8H,5,9H2,1-4H3. The van der Waals surface area contributed by atoms with E-state index in [9.17, 15) is 9.59 Å². The zero-order valence-corrected chi connectivity index (χ0v) is 12.9. The van der Waals surface area contributed by atoms with Gasteiger partial charge in [-0.2, -0.15) is 0 Å². The van der Waals surface area contributed by atoms with Crippen molar-refractivity contribution in [3.8, 4) is 5.75 Å². The fourth-order valence-corrected chi connectivity index (χ4v) is 1.75. The summed E-state index contributed by atoms with van der Waals surface area (Å²) in [6.07, 6.45) is 0. The van der Waals surface area contributed by atoms with Gasteiger partial charge < -0.3 is 9.47 Å². The summed E-state index contributed by atoms with van der Waals surface area (Å²) < 4.78 is 10.3. The van der Waals surface area contributed by atoms with Gasteiger partial charge in [0.15, 0.2) is 5.78 Å². The van der Waals surface area contributed by atoms with Crippen molar-refractivity contribution in [2.24, 2.45) is 5.41 Å². The smallest absolute Gasteiger partial charge is 0.319 e. The van der Waals surface area contributed by atoms with Crippen molar-refractivity contribution < 1.29 is 19.1 Å². The van der Waals surface area contributed by atoms with Gasteiger partial charge in [-0.1, -0.05) is 11.6 Å². The summed E-state index contributed by atoms with van der Waals surface area (Å²) in [5.41, 5.74) is -0.379. The fourth-order valence-electron chi connectivity index (χ4n) is 1.52.